The largest absolute Gasteiger partial charge is 0.310 e. The van der Waals surface area contributed by atoms with Gasteiger partial charge in [-0.3, -0.25) is 0 Å². The van der Waals surface area contributed by atoms with Crippen LogP contribution < -0.4 is 4.90 Å². The zero-order valence-corrected chi connectivity index (χ0v) is 36.5. The van der Waals surface area contributed by atoms with Crippen molar-refractivity contribution in [2.75, 3.05) is 4.90 Å². The number of hydrogen-bond donors (Lipinski definition) is 0. The van der Waals surface area contributed by atoms with Gasteiger partial charge in [0, 0.05) is 33.8 Å². The molecule has 9 aromatic carbocycles. The van der Waals surface area contributed by atoms with E-state index in [1.54, 1.807) is 0 Å². The molecule has 0 fully saturated rings. The Hall–Kier alpha value is -7.22. The van der Waals surface area contributed by atoms with Crippen molar-refractivity contribution in [1.82, 2.24) is 0 Å². The molecule has 0 saturated heterocycles. The Labute approximate surface area is 373 Å². The summed E-state index contributed by atoms with van der Waals surface area (Å²) >= 11 is 0. The second-order valence-electron chi connectivity index (χ2n) is 18.5. The van der Waals surface area contributed by atoms with Gasteiger partial charge in [-0.1, -0.05) is 210 Å². The van der Waals surface area contributed by atoms with E-state index in [0.717, 1.165) is 23.5 Å². The molecule has 0 heterocycles. The fraction of sp³-hybridized carbons (Fsp3) is 0.129. The van der Waals surface area contributed by atoms with Crippen molar-refractivity contribution >= 4 is 17.1 Å². The molecule has 1 unspecified atom stereocenters. The van der Waals surface area contributed by atoms with Crippen LogP contribution >= 0.6 is 0 Å². The van der Waals surface area contributed by atoms with E-state index in [0.29, 0.717) is 0 Å². The summed E-state index contributed by atoms with van der Waals surface area (Å²) in [7, 11) is 0. The Morgan fingerprint density at radius 3 is 1.44 bits per heavy atom. The number of fused-ring (bicyclic) bond motifs is 6. The molecule has 63 heavy (non-hydrogen) atoms. The minimum Gasteiger partial charge on any atom is -0.310 e. The second kappa shape index (κ2) is 15.3. The van der Waals surface area contributed by atoms with Gasteiger partial charge in [-0.25, -0.2) is 0 Å². The minimum atomic E-state index is -0.0960. The molecule has 2 aliphatic carbocycles. The summed E-state index contributed by atoms with van der Waals surface area (Å²) in [5, 5.41) is 0. The normalized spacial score (nSPS) is 14.3. The molecule has 2 aliphatic rings. The van der Waals surface area contributed by atoms with Crippen molar-refractivity contribution in [3.8, 4) is 44.5 Å². The number of rotatable bonds is 9. The molecule has 0 spiro atoms. The van der Waals surface area contributed by atoms with Crippen molar-refractivity contribution in [2.24, 2.45) is 0 Å². The lowest BCUT2D eigenvalue weighted by molar-refractivity contribution is 0.657. The van der Waals surface area contributed by atoms with Gasteiger partial charge in [0.15, 0.2) is 0 Å². The molecule has 1 nitrogen and oxygen atoms in total. The third-order valence-corrected chi connectivity index (χ3v) is 14.1. The first-order valence-corrected chi connectivity index (χ1v) is 22.4. The van der Waals surface area contributed by atoms with Gasteiger partial charge in [-0.05, 0) is 126 Å². The van der Waals surface area contributed by atoms with E-state index in [1.165, 1.54) is 83.5 Å². The zero-order valence-electron chi connectivity index (χ0n) is 36.5. The molecule has 9 aromatic rings. The van der Waals surface area contributed by atoms with Gasteiger partial charge >= 0.3 is 0 Å². The topological polar surface area (TPSA) is 3.24 Å². The van der Waals surface area contributed by atoms with Crippen molar-refractivity contribution in [3.05, 3.63) is 257 Å². The SMILES string of the molecule is CC1(C)c2ccccc2-c2ccc(C(Cc3ccc(-c4ccc(N(c5ccccc5)c5ccc6c(c5)C(C)(C)c5ccccc5-6)cc4-c4ccccc4)cc3)c3ccccc3)cc21. The maximum absolute atomic E-state index is 2.50. The fourth-order valence-electron chi connectivity index (χ4n) is 10.7. The molecule has 0 N–H and O–H groups in total. The molecule has 0 aromatic heterocycles. The second-order valence-corrected chi connectivity index (χ2v) is 18.5. The van der Waals surface area contributed by atoms with Crippen molar-refractivity contribution < 1.29 is 0 Å². The first-order chi connectivity index (χ1) is 30.8. The summed E-state index contributed by atoms with van der Waals surface area (Å²) in [6.45, 7) is 9.47. The molecule has 0 bridgehead atoms. The van der Waals surface area contributed by atoms with Crippen LogP contribution in [0.1, 0.15) is 72.6 Å². The lowest BCUT2D eigenvalue weighted by Crippen LogP contribution is -2.16. The molecule has 0 amide bonds. The summed E-state index contributed by atoms with van der Waals surface area (Å²) < 4.78 is 0. The lowest BCUT2D eigenvalue weighted by atomic mass is 9.79. The van der Waals surface area contributed by atoms with Crippen LogP contribution in [-0.2, 0) is 17.3 Å². The van der Waals surface area contributed by atoms with Gasteiger partial charge in [0.05, 0.1) is 0 Å². The number of nitrogens with zero attached hydrogens (tertiary/aromatic N) is 1. The monoisotopic (exact) mass is 809 g/mol. The van der Waals surface area contributed by atoms with Crippen molar-refractivity contribution in [2.45, 2.75) is 50.9 Å². The minimum absolute atomic E-state index is 0.0421. The summed E-state index contributed by atoms with van der Waals surface area (Å²) in [5.74, 6) is 0.226. The van der Waals surface area contributed by atoms with Gasteiger partial charge in [-0.15, -0.1) is 0 Å². The molecule has 1 heteroatoms. The Morgan fingerprint density at radius 2 is 0.810 bits per heavy atom. The van der Waals surface area contributed by atoms with E-state index >= 15 is 0 Å². The smallest absolute Gasteiger partial charge is 0.0468 e. The van der Waals surface area contributed by atoms with Crippen LogP contribution in [0.2, 0.25) is 0 Å². The highest BCUT2D eigenvalue weighted by Crippen LogP contribution is 2.52. The predicted octanol–water partition coefficient (Wildman–Crippen LogP) is 16.5. The van der Waals surface area contributed by atoms with Gasteiger partial charge in [0.2, 0.25) is 0 Å². The molecule has 0 radical (unpaired) electrons. The summed E-state index contributed by atoms with van der Waals surface area (Å²) in [5.41, 5.74) is 23.1. The number of para-hydroxylation sites is 1. The fourth-order valence-corrected chi connectivity index (χ4v) is 10.7. The Bertz CT molecular complexity index is 3120. The zero-order chi connectivity index (χ0) is 42.7. The van der Waals surface area contributed by atoms with Gasteiger partial charge in [0.1, 0.15) is 0 Å². The van der Waals surface area contributed by atoms with Crippen LogP contribution in [-0.4, -0.2) is 0 Å². The van der Waals surface area contributed by atoms with E-state index in [2.05, 4.69) is 251 Å². The molecule has 304 valence electrons. The number of hydrogen-bond acceptors (Lipinski definition) is 1. The maximum atomic E-state index is 2.50. The van der Waals surface area contributed by atoms with E-state index in [-0.39, 0.29) is 16.7 Å². The van der Waals surface area contributed by atoms with Gasteiger partial charge in [-0.2, -0.15) is 0 Å². The van der Waals surface area contributed by atoms with Crippen molar-refractivity contribution in [3.63, 3.8) is 0 Å². The quantitative estimate of drug-likeness (QED) is 0.140. The third-order valence-electron chi connectivity index (χ3n) is 14.1. The average Bonchev–Trinajstić information content (AvgIpc) is 3.71. The Kier molecular flexibility index (Phi) is 9.39. The molecular weight excluding hydrogens is 759 g/mol. The van der Waals surface area contributed by atoms with Crippen LogP contribution in [0.4, 0.5) is 17.1 Å². The highest BCUT2D eigenvalue weighted by atomic mass is 15.1. The van der Waals surface area contributed by atoms with Crippen LogP contribution in [0, 0.1) is 0 Å². The van der Waals surface area contributed by atoms with E-state index in [9.17, 15) is 0 Å². The maximum Gasteiger partial charge on any atom is 0.0468 e. The molecule has 0 saturated carbocycles. The standard InChI is InChI=1S/C62H51N/c1-61(2)57-26-16-14-24-51(57)53-35-32-46(39-59(53)61)55(43-18-8-5-9-19-43)38-42-28-30-45(31-29-42)50-36-33-48(40-56(50)44-20-10-6-11-21-44)63(47-22-12-7-13-23-47)49-34-37-54-52-25-15-17-27-58(52)62(3,4)60(54)41-49/h5-37,39-41,55H,38H2,1-4H3. The first kappa shape index (κ1) is 38.7. The molecular formula is C62H51N. The first-order valence-electron chi connectivity index (χ1n) is 22.4. The van der Waals surface area contributed by atoms with Crippen molar-refractivity contribution in [1.29, 1.82) is 0 Å². The predicted molar refractivity (Wildman–Crippen MR) is 266 cm³/mol. The van der Waals surface area contributed by atoms with Gasteiger partial charge < -0.3 is 4.90 Å². The summed E-state index contributed by atoms with van der Waals surface area (Å²) in [6.07, 6.45) is 0.912. The molecule has 1 atom stereocenters. The summed E-state index contributed by atoms with van der Waals surface area (Å²) in [4.78, 5) is 2.42. The van der Waals surface area contributed by atoms with Crippen LogP contribution in [0.3, 0.4) is 0 Å². The van der Waals surface area contributed by atoms with E-state index < -0.39 is 0 Å². The van der Waals surface area contributed by atoms with Gasteiger partial charge in [0.25, 0.3) is 0 Å². The molecule has 0 aliphatic heterocycles. The lowest BCUT2D eigenvalue weighted by Gasteiger charge is -2.29. The van der Waals surface area contributed by atoms with E-state index in [1.807, 2.05) is 0 Å². The Balaban J connectivity index is 0.963. The number of anilines is 3. The van der Waals surface area contributed by atoms with E-state index in [4.69, 9.17) is 0 Å². The van der Waals surface area contributed by atoms with Crippen LogP contribution in [0.25, 0.3) is 44.5 Å². The summed E-state index contributed by atoms with van der Waals surface area (Å²) in [6, 6.07) is 81.2. The highest BCUT2D eigenvalue weighted by molar-refractivity contribution is 5.90. The van der Waals surface area contributed by atoms with Crippen LogP contribution in [0.15, 0.2) is 218 Å². The Morgan fingerprint density at radius 1 is 0.333 bits per heavy atom. The third kappa shape index (κ3) is 6.62. The average molecular weight is 810 g/mol. The van der Waals surface area contributed by atoms with Crippen LogP contribution in [0.5, 0.6) is 0 Å². The highest BCUT2D eigenvalue weighted by Gasteiger charge is 2.37. The number of benzene rings is 9. The molecule has 11 rings (SSSR count).